The molecule has 14 heteroatoms. The van der Waals surface area contributed by atoms with Gasteiger partial charge in [0, 0.05) is 0 Å². The van der Waals surface area contributed by atoms with Gasteiger partial charge in [0.05, 0.1) is 0 Å². The van der Waals surface area contributed by atoms with Gasteiger partial charge in [0.25, 0.3) is 0 Å². The molecule has 0 aliphatic heterocycles. The first-order valence-electron chi connectivity index (χ1n) is 5.74. The molecule has 0 rings (SSSR count). The van der Waals surface area contributed by atoms with Gasteiger partial charge in [-0.25, -0.2) is 0 Å². The van der Waals surface area contributed by atoms with E-state index in [0.29, 0.717) is 0 Å². The van der Waals surface area contributed by atoms with Crippen molar-refractivity contribution in [3.63, 3.8) is 0 Å². The van der Waals surface area contributed by atoms with Gasteiger partial charge in [-0.2, -0.15) is 0 Å². The minimum absolute atomic E-state index is 0.743. The normalized spacial score (nSPS) is 12.2. The number of hydrogen-bond donors (Lipinski definition) is 2. The molecular formula is C11H8Cl4O10. The molecule has 0 amide bonds. The Labute approximate surface area is 158 Å². The van der Waals surface area contributed by atoms with Crippen LogP contribution in [0.2, 0.25) is 0 Å². The summed E-state index contributed by atoms with van der Waals surface area (Å²) >= 11 is 19.6. The molecule has 0 heterocycles. The second-order valence-corrected chi connectivity index (χ2v) is 6.16. The fourth-order valence-electron chi connectivity index (χ4n) is 0.922. The number of rotatable bonds is 8. The summed E-state index contributed by atoms with van der Waals surface area (Å²) in [5, 5.41) is 11.4. The third-order valence-electron chi connectivity index (χ3n) is 2.57. The van der Waals surface area contributed by atoms with E-state index in [1.165, 1.54) is 0 Å². The SMILES string of the molecule is CC(C)(C(=O)OC(O)(C(=O)Cl)C(=O)Cl)C(=O)OC(O)(C(=O)Cl)C(=O)Cl. The van der Waals surface area contributed by atoms with Crippen LogP contribution >= 0.6 is 46.4 Å². The van der Waals surface area contributed by atoms with Gasteiger partial charge in [-0.1, -0.05) is 0 Å². The Bertz CT molecular complexity index is 573. The topological polar surface area (TPSA) is 161 Å². The molecule has 0 spiro atoms. The average molecular weight is 442 g/mol. The molecule has 0 fully saturated rings. The van der Waals surface area contributed by atoms with Crippen molar-refractivity contribution in [2.75, 3.05) is 0 Å². The van der Waals surface area contributed by atoms with Gasteiger partial charge in [-0.05, 0) is 60.3 Å². The Morgan fingerprint density at radius 1 is 0.640 bits per heavy atom. The second-order valence-electron chi connectivity index (χ2n) is 4.79. The maximum absolute atomic E-state index is 11.9. The van der Waals surface area contributed by atoms with E-state index in [-0.39, 0.29) is 0 Å². The number of carbonyl (C=O) groups excluding carboxylic acids is 6. The predicted octanol–water partition coefficient (Wildman–Crippen LogP) is -0.462. The highest BCUT2D eigenvalue weighted by atomic mass is 35.5. The average Bonchev–Trinajstić information content (AvgIpc) is 2.45. The maximum Gasteiger partial charge on any atom is 0.362 e. The molecule has 0 aromatic rings. The Morgan fingerprint density at radius 3 is 1.00 bits per heavy atom. The summed E-state index contributed by atoms with van der Waals surface area (Å²) < 4.78 is 8.24. The molecule has 140 valence electrons. The molecule has 0 bridgehead atoms. The molecule has 0 aliphatic carbocycles. The van der Waals surface area contributed by atoms with E-state index in [4.69, 9.17) is 46.4 Å². The largest absolute Gasteiger partial charge is 0.415 e. The van der Waals surface area contributed by atoms with Crippen molar-refractivity contribution in [3.8, 4) is 0 Å². The molecule has 0 saturated heterocycles. The third-order valence-corrected chi connectivity index (χ3v) is 3.59. The van der Waals surface area contributed by atoms with Crippen molar-refractivity contribution in [3.05, 3.63) is 0 Å². The Kier molecular flexibility index (Phi) is 7.52. The van der Waals surface area contributed by atoms with Crippen LogP contribution in [0.3, 0.4) is 0 Å². The zero-order valence-corrected chi connectivity index (χ0v) is 15.2. The number of aliphatic hydroxyl groups is 2. The van der Waals surface area contributed by atoms with Crippen molar-refractivity contribution in [2.45, 2.75) is 25.4 Å². The van der Waals surface area contributed by atoms with E-state index < -0.39 is 49.9 Å². The van der Waals surface area contributed by atoms with Crippen LogP contribution in [0.15, 0.2) is 0 Å². The van der Waals surface area contributed by atoms with Crippen molar-refractivity contribution >= 4 is 79.3 Å². The molecule has 25 heavy (non-hydrogen) atoms. The molecule has 10 nitrogen and oxygen atoms in total. The first-order chi connectivity index (χ1) is 11.0. The number of carbonyl (C=O) groups is 6. The summed E-state index contributed by atoms with van der Waals surface area (Å²) in [6, 6.07) is 0. The number of halogens is 4. The highest BCUT2D eigenvalue weighted by molar-refractivity contribution is 6.76. The minimum Gasteiger partial charge on any atom is -0.415 e. The summed E-state index contributed by atoms with van der Waals surface area (Å²) in [6.07, 6.45) is 0. The Hall–Kier alpha value is -1.30. The van der Waals surface area contributed by atoms with Gasteiger partial charge in [-0.3, -0.25) is 28.8 Å². The molecule has 0 saturated carbocycles. The van der Waals surface area contributed by atoms with Crippen LogP contribution in [0.5, 0.6) is 0 Å². The predicted molar refractivity (Wildman–Crippen MR) is 79.3 cm³/mol. The zero-order valence-electron chi connectivity index (χ0n) is 12.2. The van der Waals surface area contributed by atoms with Crippen molar-refractivity contribution in [1.82, 2.24) is 0 Å². The Morgan fingerprint density at radius 2 is 0.840 bits per heavy atom. The molecule has 0 atom stereocenters. The quantitative estimate of drug-likeness (QED) is 0.218. The van der Waals surface area contributed by atoms with Crippen LogP contribution in [0.25, 0.3) is 0 Å². The summed E-state index contributed by atoms with van der Waals surface area (Å²) in [7, 11) is 0. The molecule has 0 unspecified atom stereocenters. The molecule has 0 aromatic carbocycles. The lowest BCUT2D eigenvalue weighted by molar-refractivity contribution is -0.220. The maximum atomic E-state index is 11.9. The van der Waals surface area contributed by atoms with E-state index in [9.17, 15) is 39.0 Å². The van der Waals surface area contributed by atoms with E-state index in [1.807, 2.05) is 0 Å². The van der Waals surface area contributed by atoms with Crippen molar-refractivity contribution < 1.29 is 48.5 Å². The van der Waals surface area contributed by atoms with E-state index in [1.54, 1.807) is 0 Å². The second kappa shape index (κ2) is 7.94. The monoisotopic (exact) mass is 440 g/mol. The number of esters is 2. The number of hydrogen-bond acceptors (Lipinski definition) is 10. The fraction of sp³-hybridized carbons (Fsp3) is 0.455. The number of ether oxygens (including phenoxy) is 2. The smallest absolute Gasteiger partial charge is 0.362 e. The first kappa shape index (κ1) is 23.7. The van der Waals surface area contributed by atoms with Crippen molar-refractivity contribution in [2.24, 2.45) is 5.41 Å². The lowest BCUT2D eigenvalue weighted by atomic mass is 9.93. The highest BCUT2D eigenvalue weighted by Gasteiger charge is 2.54. The van der Waals surface area contributed by atoms with Crippen LogP contribution < -0.4 is 0 Å². The van der Waals surface area contributed by atoms with Crippen LogP contribution in [-0.4, -0.2) is 54.7 Å². The molecule has 0 radical (unpaired) electrons. The molecule has 0 aromatic heterocycles. The van der Waals surface area contributed by atoms with E-state index in [2.05, 4.69) is 9.47 Å². The molecular weight excluding hydrogens is 434 g/mol. The summed E-state index contributed by atoms with van der Waals surface area (Å²) in [5.41, 5.74) is -2.51. The van der Waals surface area contributed by atoms with Crippen LogP contribution in [0.1, 0.15) is 13.8 Å². The molecule has 2 N–H and O–H groups in total. The standard InChI is InChI=1S/C11H8Cl4O10/c1-9(2,7(20)24-10(22,3(12)16)4(13)17)8(21)25-11(23,5(14)18)6(15)19/h22-23H,1-2H3. The van der Waals surface area contributed by atoms with Gasteiger partial charge in [-0.15, -0.1) is 0 Å². The molecule has 0 aliphatic rings. The van der Waals surface area contributed by atoms with Gasteiger partial charge in [0.1, 0.15) is 0 Å². The zero-order chi connectivity index (χ0) is 20.4. The van der Waals surface area contributed by atoms with Gasteiger partial charge < -0.3 is 19.7 Å². The fourth-order valence-corrected chi connectivity index (χ4v) is 1.52. The highest BCUT2D eigenvalue weighted by Crippen LogP contribution is 2.28. The van der Waals surface area contributed by atoms with Crippen LogP contribution in [0.4, 0.5) is 0 Å². The lowest BCUT2D eigenvalue weighted by Crippen LogP contribution is -2.53. The van der Waals surface area contributed by atoms with Crippen LogP contribution in [-0.2, 0) is 38.2 Å². The van der Waals surface area contributed by atoms with E-state index >= 15 is 0 Å². The third kappa shape index (κ3) is 4.87. The summed E-state index contributed by atoms with van der Waals surface area (Å²) in [5.74, 6) is -10.9. The van der Waals surface area contributed by atoms with Gasteiger partial charge >= 0.3 is 44.5 Å². The lowest BCUT2D eigenvalue weighted by Gasteiger charge is -2.28. The van der Waals surface area contributed by atoms with Crippen LogP contribution in [0, 0.1) is 5.41 Å². The summed E-state index contributed by atoms with van der Waals surface area (Å²) in [6.45, 7) is 1.49. The minimum atomic E-state index is -3.63. The van der Waals surface area contributed by atoms with Gasteiger partial charge in [0.2, 0.25) is 0 Å². The Balaban J connectivity index is 5.63. The summed E-state index contributed by atoms with van der Waals surface area (Å²) in [4.78, 5) is 67.9. The van der Waals surface area contributed by atoms with Gasteiger partial charge in [0.15, 0.2) is 5.41 Å². The van der Waals surface area contributed by atoms with Crippen molar-refractivity contribution in [1.29, 1.82) is 0 Å². The first-order valence-corrected chi connectivity index (χ1v) is 7.26. The van der Waals surface area contributed by atoms with E-state index in [0.717, 1.165) is 13.8 Å².